The number of aliphatic hydroxyl groups is 6. The van der Waals surface area contributed by atoms with Crippen LogP contribution < -0.4 is 49.9 Å². The zero-order valence-electron chi connectivity index (χ0n) is 58.2. The van der Waals surface area contributed by atoms with Crippen molar-refractivity contribution in [3.8, 4) is 0 Å². The largest absolute Gasteiger partial charge is 0.445 e. The van der Waals surface area contributed by atoms with Crippen LogP contribution in [0.25, 0.3) is 0 Å². The van der Waals surface area contributed by atoms with Gasteiger partial charge in [-0.25, -0.2) is 9.59 Å². The van der Waals surface area contributed by atoms with Crippen LogP contribution in [0.5, 0.6) is 0 Å². The van der Waals surface area contributed by atoms with Crippen LogP contribution in [-0.4, -0.2) is 259 Å². The fraction of sp³-hybridized carbons (Fsp3) is 0.710. The molecule has 8 aliphatic rings. The zero-order valence-corrected chi connectivity index (χ0v) is 58.2. The maximum atomic E-state index is 13.0. The zero-order chi connectivity index (χ0) is 73.3. The third-order valence-corrected chi connectivity index (χ3v) is 19.3. The highest BCUT2D eigenvalue weighted by Gasteiger charge is 2.56. The Balaban J connectivity index is 0.000000256. The summed E-state index contributed by atoms with van der Waals surface area (Å²) >= 11 is 0. The lowest BCUT2D eigenvalue weighted by atomic mass is 9.80. The first-order chi connectivity index (χ1) is 49.0. The van der Waals surface area contributed by atoms with Gasteiger partial charge in [0.15, 0.2) is 37.7 Å². The monoisotopic (exact) mass is 1450 g/mol. The second kappa shape index (κ2) is 38.7. The maximum absolute atomic E-state index is 13.0. The number of hydrogen-bond acceptors (Lipinski definition) is 29. The number of alkyl carbamates (subject to hydrolysis) is 2. The lowest BCUT2D eigenvalue weighted by Crippen LogP contribution is -2.66. The van der Waals surface area contributed by atoms with Gasteiger partial charge >= 0.3 is 12.2 Å². The van der Waals surface area contributed by atoms with Crippen molar-refractivity contribution in [1.82, 2.24) is 21.3 Å². The van der Waals surface area contributed by atoms with Crippen LogP contribution in [0.15, 0.2) is 85.0 Å². The molecule has 0 spiro atoms. The minimum atomic E-state index is -1.55. The molecule has 102 heavy (non-hydrogen) atoms. The smallest absolute Gasteiger partial charge is 0.408 e. The number of rotatable bonds is 26. The summed E-state index contributed by atoms with van der Waals surface area (Å²) in [6.07, 6.45) is -12.6. The lowest BCUT2D eigenvalue weighted by Gasteiger charge is -2.46. The van der Waals surface area contributed by atoms with E-state index in [0.29, 0.717) is 38.5 Å². The van der Waals surface area contributed by atoms with Crippen molar-refractivity contribution in [3.05, 3.63) is 96.1 Å². The molecule has 6 heterocycles. The standard InChI is InChI=1S/C44H59N3O14.C25H48N6O10/c1-5-29-17-19-31(46-43(52)54-23-27-13-9-7-10-14-27)40(56-29)59-37-25(3)21-33(45-26(4)49)35(50)39(37)61-42-36(51)38(34(22-48)58-42)60-41-32(20-18-30(6-2)57-41)47-44(53)55-24-28-15-11-8-12-16-28;1-10(33)31-16-6-15(30)20(39-23-13(28)4-2-11(7-26)36-23)22(18(16)34)41-25-19(35)21(17(9-32)38-25)40-24-14(29)5-3-12(8-27)37-24/h7-20,25,29-42,48,50-51H,5-6,21-24H2,1-4H3,(H,45,49)(H,46,52)(H,47,53);11-25,32,34-35H,2-9,26-30H2,1H3,(H,31,33)/t25-,29+,30-,31+,32+,33+,34+,35-,36+,37+,38+,39+,40+,41+,42-;11-,12+,13+,14+,15-,16+,17+,18-,19+,20+,21+,22+,23+,24+,25-/m00/s1. The molecular formula is C69H107N9O24. The van der Waals surface area contributed by atoms with E-state index >= 15 is 0 Å². The molecule has 4 saturated heterocycles. The van der Waals surface area contributed by atoms with E-state index < -0.39 is 179 Å². The Morgan fingerprint density at radius 2 is 0.853 bits per heavy atom. The van der Waals surface area contributed by atoms with Gasteiger partial charge in [0, 0.05) is 33.0 Å². The highest BCUT2D eigenvalue weighted by molar-refractivity contribution is 5.73. The Bertz CT molecular complexity index is 2980. The molecule has 6 fully saturated rings. The van der Waals surface area contributed by atoms with Gasteiger partial charge in [0.1, 0.15) is 92.4 Å². The Labute approximate surface area is 593 Å². The molecule has 4 amide bonds. The Morgan fingerprint density at radius 1 is 0.461 bits per heavy atom. The number of nitrogens with two attached hydrogens (primary N) is 5. The lowest BCUT2D eigenvalue weighted by molar-refractivity contribution is -0.288. The molecule has 2 saturated carbocycles. The molecular weight excluding hydrogens is 1340 g/mol. The molecule has 0 unspecified atom stereocenters. The molecule has 2 aromatic rings. The summed E-state index contributed by atoms with van der Waals surface area (Å²) in [6, 6.07) is 13.6. The first kappa shape index (κ1) is 80.6. The third kappa shape index (κ3) is 21.4. The Hall–Kier alpha value is -5.52. The summed E-state index contributed by atoms with van der Waals surface area (Å²) in [5.74, 6) is -1.12. The highest BCUT2D eigenvalue weighted by Crippen LogP contribution is 2.39. The molecule has 2 aromatic carbocycles. The van der Waals surface area contributed by atoms with Crippen molar-refractivity contribution in [2.24, 2.45) is 34.6 Å². The summed E-state index contributed by atoms with van der Waals surface area (Å²) in [5, 5.41) is 77.6. The van der Waals surface area contributed by atoms with Crippen molar-refractivity contribution in [2.45, 2.75) is 277 Å². The number of benzene rings is 2. The summed E-state index contributed by atoms with van der Waals surface area (Å²) in [4.78, 5) is 50.0. The van der Waals surface area contributed by atoms with E-state index in [4.69, 9.17) is 95.0 Å². The predicted octanol–water partition coefficient (Wildman–Crippen LogP) is -1.50. The van der Waals surface area contributed by atoms with E-state index in [0.717, 1.165) is 11.1 Å². The summed E-state index contributed by atoms with van der Waals surface area (Å²) in [5.41, 5.74) is 32.1. The van der Waals surface area contributed by atoms with Crippen molar-refractivity contribution in [2.75, 3.05) is 26.3 Å². The summed E-state index contributed by atoms with van der Waals surface area (Å²) < 4.78 is 84.6. The fourth-order valence-electron chi connectivity index (χ4n) is 13.7. The molecule has 20 N–H and O–H groups in total. The number of hydrogen-bond donors (Lipinski definition) is 15. The molecule has 0 radical (unpaired) electrons. The van der Waals surface area contributed by atoms with E-state index in [1.807, 2.05) is 87.5 Å². The third-order valence-electron chi connectivity index (χ3n) is 19.3. The van der Waals surface area contributed by atoms with E-state index in [2.05, 4.69) is 21.3 Å². The van der Waals surface area contributed by atoms with Crippen LogP contribution in [0.4, 0.5) is 9.59 Å². The van der Waals surface area contributed by atoms with Gasteiger partial charge in [-0.3, -0.25) is 9.59 Å². The molecule has 0 aromatic heterocycles. The average Bonchev–Trinajstić information content (AvgIpc) is 1.41. The first-order valence-corrected chi connectivity index (χ1v) is 35.3. The molecule has 10 rings (SSSR count). The first-order valence-electron chi connectivity index (χ1n) is 35.3. The number of ether oxygens (including phenoxy) is 14. The Kier molecular flexibility index (Phi) is 30.5. The summed E-state index contributed by atoms with van der Waals surface area (Å²) in [6.45, 7) is 7.92. The van der Waals surface area contributed by atoms with Gasteiger partial charge in [-0.1, -0.05) is 106 Å². The molecule has 33 nitrogen and oxygen atoms in total. The van der Waals surface area contributed by atoms with E-state index in [9.17, 15) is 49.8 Å². The van der Waals surface area contributed by atoms with Gasteiger partial charge in [-0.2, -0.15) is 0 Å². The van der Waals surface area contributed by atoms with Crippen LogP contribution in [0.1, 0.15) is 97.1 Å². The van der Waals surface area contributed by atoms with Crippen molar-refractivity contribution in [3.63, 3.8) is 0 Å². The SMILES string of the molecule is CC(=O)N[C@@H]1C[C@H](N)[C@@H](O[C@H]2O[C@H](CN)CC[C@H]2N)[C@H](O[C@@H]2O[C@H](CO)[C@@H](O[C@H]3O[C@@H](CN)CC[C@H]3N)[C@H]2O)[C@H]1O.CC[C@H]1C=C[C@@H](NC(=O)OCc2ccccc2)[C@@H](O[C@H]2[C@@H](O)[C@H](O[C@@H]3[C@@H](O)[C@H](NC(C)=O)C[C@H](C)[C@H]3O[C@H]3O[C@H](CC)C=C[C@H]3NC(=O)OCc3ccccc3)O[C@@H]2CO)O1. The van der Waals surface area contributed by atoms with Gasteiger partial charge in [-0.15, -0.1) is 0 Å². The van der Waals surface area contributed by atoms with Gasteiger partial charge < -0.3 is 147 Å². The average molecular weight is 1450 g/mol. The molecule has 30 atom stereocenters. The second-order valence-corrected chi connectivity index (χ2v) is 27.1. The predicted molar refractivity (Wildman–Crippen MR) is 359 cm³/mol. The number of amides is 4. The molecule has 6 aliphatic heterocycles. The second-order valence-electron chi connectivity index (χ2n) is 27.1. The highest BCUT2D eigenvalue weighted by atomic mass is 16.8. The van der Waals surface area contributed by atoms with E-state index in [1.54, 1.807) is 18.2 Å². The van der Waals surface area contributed by atoms with Crippen molar-refractivity contribution in [1.29, 1.82) is 0 Å². The normalized spacial score (nSPS) is 39.7. The Morgan fingerprint density at radius 3 is 1.26 bits per heavy atom. The van der Waals surface area contributed by atoms with Gasteiger partial charge in [-0.05, 0) is 68.4 Å². The number of carbonyl (C=O) groups excluding carboxylic acids is 4. The van der Waals surface area contributed by atoms with Crippen molar-refractivity contribution >= 4 is 24.0 Å². The van der Waals surface area contributed by atoms with E-state index in [1.165, 1.54) is 13.8 Å². The fourth-order valence-corrected chi connectivity index (χ4v) is 13.7. The van der Waals surface area contributed by atoms with Gasteiger partial charge in [0.05, 0.1) is 67.9 Å². The van der Waals surface area contributed by atoms with Crippen LogP contribution in [0, 0.1) is 5.92 Å². The quantitative estimate of drug-likeness (QED) is 0.0477. The summed E-state index contributed by atoms with van der Waals surface area (Å²) in [7, 11) is 0. The maximum Gasteiger partial charge on any atom is 0.408 e. The van der Waals surface area contributed by atoms with Crippen LogP contribution >= 0.6 is 0 Å². The van der Waals surface area contributed by atoms with Crippen molar-refractivity contribution < 1.29 is 116 Å². The van der Waals surface area contributed by atoms with Gasteiger partial charge in [0.25, 0.3) is 0 Å². The minimum absolute atomic E-state index is 0.0359. The topological polar surface area (TPSA) is 497 Å². The minimum Gasteiger partial charge on any atom is -0.445 e. The molecule has 2 aliphatic carbocycles. The molecule has 572 valence electrons. The molecule has 0 bridgehead atoms. The molecule has 33 heteroatoms. The van der Waals surface area contributed by atoms with Crippen LogP contribution in [0.2, 0.25) is 0 Å². The number of carbonyl (C=O) groups is 4. The number of aliphatic hydroxyl groups excluding tert-OH is 6. The van der Waals surface area contributed by atoms with Crippen LogP contribution in [-0.2, 0) is 89.1 Å². The van der Waals surface area contributed by atoms with Gasteiger partial charge in [0.2, 0.25) is 11.8 Å². The number of nitrogens with one attached hydrogen (secondary N) is 4. The van der Waals surface area contributed by atoms with Crippen LogP contribution in [0.3, 0.4) is 0 Å². The van der Waals surface area contributed by atoms with E-state index in [-0.39, 0.29) is 81.3 Å².